The van der Waals surface area contributed by atoms with E-state index in [4.69, 9.17) is 19.0 Å². The number of nitrogens with zero attached hydrogens (tertiary/aromatic N) is 1. The van der Waals surface area contributed by atoms with Gasteiger partial charge in [-0.3, -0.25) is 23.5 Å². The highest BCUT2D eigenvalue weighted by Gasteiger charge is 2.39. The molecule has 0 aromatic carbocycles. The van der Waals surface area contributed by atoms with Crippen LogP contribution in [0.25, 0.3) is 0 Å². The van der Waals surface area contributed by atoms with Crippen LogP contribution in [0.1, 0.15) is 32.1 Å². The molecule has 0 bridgehead atoms. The molecule has 2 heterocycles. The third-order valence-electron chi connectivity index (χ3n) is 3.37. The molecule has 4 atom stereocenters. The van der Waals surface area contributed by atoms with Gasteiger partial charge < -0.3 is 23.9 Å². The van der Waals surface area contributed by atoms with Crippen molar-refractivity contribution in [3.8, 4) is 0 Å². The smallest absolute Gasteiger partial charge is 0.348 e. The van der Waals surface area contributed by atoms with Crippen molar-refractivity contribution in [2.45, 2.75) is 45.6 Å². The number of ether oxygens (including phenoxy) is 1. The van der Waals surface area contributed by atoms with E-state index in [1.807, 2.05) is 13.8 Å². The second kappa shape index (κ2) is 9.25. The third kappa shape index (κ3) is 7.31. The van der Waals surface area contributed by atoms with E-state index in [2.05, 4.69) is 4.98 Å². The normalized spacial score (nSPS) is 25.1. The molecular formula is C14H24N2O9P2. The molecule has 0 spiro atoms. The summed E-state index contributed by atoms with van der Waals surface area (Å²) >= 11 is 0. The Bertz CT molecular complexity index is 879. The Morgan fingerprint density at radius 2 is 1.89 bits per heavy atom. The minimum Gasteiger partial charge on any atom is -0.348 e. The SMILES string of the molecule is CC.Cc1cn(C2CC(OP(C)(=O)O)C(/C=C/P(=O)(O)O)O2)c(=O)[nH]c1=O. The Labute approximate surface area is 155 Å². The molecule has 11 nitrogen and oxygen atoms in total. The topological polar surface area (TPSA) is 168 Å². The van der Waals surface area contributed by atoms with Gasteiger partial charge >= 0.3 is 20.9 Å². The van der Waals surface area contributed by atoms with Gasteiger partial charge in [0.2, 0.25) is 0 Å². The number of aromatic nitrogens is 2. The Morgan fingerprint density at radius 1 is 1.30 bits per heavy atom. The maximum Gasteiger partial charge on any atom is 0.348 e. The van der Waals surface area contributed by atoms with Crippen LogP contribution in [0.3, 0.4) is 0 Å². The molecule has 1 saturated heterocycles. The average Bonchev–Trinajstić information content (AvgIpc) is 2.91. The van der Waals surface area contributed by atoms with Crippen molar-refractivity contribution in [1.29, 1.82) is 0 Å². The first kappa shape index (κ1) is 23.7. The lowest BCUT2D eigenvalue weighted by atomic mass is 10.2. The zero-order chi connectivity index (χ0) is 21.0. The van der Waals surface area contributed by atoms with Crippen molar-refractivity contribution in [2.24, 2.45) is 0 Å². The molecule has 1 aromatic heterocycles. The van der Waals surface area contributed by atoms with E-state index >= 15 is 0 Å². The molecular weight excluding hydrogens is 402 g/mol. The molecule has 4 unspecified atom stereocenters. The van der Waals surface area contributed by atoms with Crippen molar-refractivity contribution in [3.63, 3.8) is 0 Å². The lowest BCUT2D eigenvalue weighted by molar-refractivity contribution is 0.00691. The van der Waals surface area contributed by atoms with Crippen molar-refractivity contribution >= 4 is 15.2 Å². The molecule has 1 aromatic rings. The first-order valence-electron chi connectivity index (χ1n) is 8.06. The standard InChI is InChI=1S/C12H18N2O9P2.C2H6/c1-7-6-14(12(16)13-11(7)15)10-5-9(23-24(2,17)18)8(22-10)3-4-25(19,20)21;1-2/h3-4,6,8-10H,5H2,1-2H3,(H,17,18)(H,13,15,16)(H2,19,20,21);1-2H3/b4-3+;. The van der Waals surface area contributed by atoms with E-state index in [0.717, 1.165) is 17.3 Å². The summed E-state index contributed by atoms with van der Waals surface area (Å²) < 4.78 is 34.1. The van der Waals surface area contributed by atoms with E-state index in [9.17, 15) is 23.6 Å². The van der Waals surface area contributed by atoms with Gasteiger partial charge in [0.05, 0.1) is 0 Å². The summed E-state index contributed by atoms with van der Waals surface area (Å²) in [6, 6.07) is 0. The number of hydrogen-bond acceptors (Lipinski definition) is 6. The van der Waals surface area contributed by atoms with Gasteiger partial charge in [0.25, 0.3) is 5.56 Å². The number of aromatic amines is 1. The monoisotopic (exact) mass is 426 g/mol. The van der Waals surface area contributed by atoms with Gasteiger partial charge in [0.15, 0.2) is 0 Å². The fourth-order valence-corrected chi connectivity index (χ4v) is 3.46. The van der Waals surface area contributed by atoms with E-state index < -0.39 is 44.9 Å². The quantitative estimate of drug-likeness (QED) is 0.503. The molecule has 0 amide bonds. The largest absolute Gasteiger partial charge is 0.348 e. The molecule has 0 saturated carbocycles. The molecule has 1 aliphatic heterocycles. The van der Waals surface area contributed by atoms with E-state index in [0.29, 0.717) is 5.82 Å². The van der Waals surface area contributed by atoms with Gasteiger partial charge in [-0.25, -0.2) is 4.79 Å². The van der Waals surface area contributed by atoms with E-state index in [1.165, 1.54) is 13.1 Å². The van der Waals surface area contributed by atoms with Crippen LogP contribution < -0.4 is 11.2 Å². The van der Waals surface area contributed by atoms with Crippen molar-refractivity contribution in [2.75, 3.05) is 6.66 Å². The van der Waals surface area contributed by atoms with Crippen LogP contribution in [0.2, 0.25) is 0 Å². The molecule has 27 heavy (non-hydrogen) atoms. The van der Waals surface area contributed by atoms with Crippen LogP contribution in [0, 0.1) is 6.92 Å². The van der Waals surface area contributed by atoms with Crippen LogP contribution in [-0.2, 0) is 18.4 Å². The van der Waals surface area contributed by atoms with Crippen LogP contribution in [0.15, 0.2) is 27.7 Å². The van der Waals surface area contributed by atoms with Crippen molar-refractivity contribution in [3.05, 3.63) is 44.5 Å². The second-order valence-corrected chi connectivity index (χ2v) is 8.94. The maximum absolute atomic E-state index is 11.9. The first-order chi connectivity index (χ1) is 12.4. The van der Waals surface area contributed by atoms with E-state index in [-0.39, 0.29) is 12.0 Å². The average molecular weight is 426 g/mol. The van der Waals surface area contributed by atoms with Crippen LogP contribution >= 0.6 is 15.2 Å². The number of aryl methyl sites for hydroxylation is 1. The highest BCUT2D eigenvalue weighted by Crippen LogP contribution is 2.45. The summed E-state index contributed by atoms with van der Waals surface area (Å²) in [4.78, 5) is 52.7. The Kier molecular flexibility index (Phi) is 8.13. The molecule has 0 radical (unpaired) electrons. The minimum atomic E-state index is -4.48. The van der Waals surface area contributed by atoms with Crippen LogP contribution in [0.5, 0.6) is 0 Å². The molecule has 1 fully saturated rings. The fourth-order valence-electron chi connectivity index (χ4n) is 2.36. The summed E-state index contributed by atoms with van der Waals surface area (Å²) in [6.07, 6.45) is -0.802. The molecule has 154 valence electrons. The number of hydrogen-bond donors (Lipinski definition) is 4. The minimum absolute atomic E-state index is 0.0417. The summed E-state index contributed by atoms with van der Waals surface area (Å²) in [7, 11) is -8.39. The maximum atomic E-state index is 11.9. The van der Waals surface area contributed by atoms with Gasteiger partial charge in [-0.2, -0.15) is 0 Å². The predicted molar refractivity (Wildman–Crippen MR) is 97.7 cm³/mol. The zero-order valence-electron chi connectivity index (χ0n) is 15.3. The van der Waals surface area contributed by atoms with Crippen molar-refractivity contribution in [1.82, 2.24) is 9.55 Å². The Hall–Kier alpha value is -1.32. The zero-order valence-corrected chi connectivity index (χ0v) is 17.1. The lowest BCUT2D eigenvalue weighted by Crippen LogP contribution is -2.33. The van der Waals surface area contributed by atoms with Gasteiger partial charge in [-0.15, -0.1) is 0 Å². The highest BCUT2D eigenvalue weighted by molar-refractivity contribution is 7.55. The first-order valence-corrected chi connectivity index (χ1v) is 11.8. The molecule has 2 rings (SSSR count). The fraction of sp³-hybridized carbons (Fsp3) is 0.571. The Balaban J connectivity index is 0.00000176. The van der Waals surface area contributed by atoms with Crippen LogP contribution in [-0.4, -0.2) is 43.1 Å². The highest BCUT2D eigenvalue weighted by atomic mass is 31.2. The van der Waals surface area contributed by atoms with Gasteiger partial charge in [0, 0.05) is 30.7 Å². The van der Waals surface area contributed by atoms with Crippen molar-refractivity contribution < 1.29 is 33.1 Å². The van der Waals surface area contributed by atoms with Crippen LogP contribution in [0.4, 0.5) is 0 Å². The molecule has 4 N–H and O–H groups in total. The molecule has 0 aliphatic carbocycles. The third-order valence-corrected chi connectivity index (χ3v) is 4.59. The second-order valence-electron chi connectivity index (χ2n) is 5.65. The molecule has 13 heteroatoms. The van der Waals surface area contributed by atoms with Gasteiger partial charge in [-0.05, 0) is 13.0 Å². The summed E-state index contributed by atoms with van der Waals surface area (Å²) in [5.74, 6) is 0.593. The number of nitrogens with one attached hydrogen (secondary N) is 1. The number of H-pyrrole nitrogens is 1. The summed E-state index contributed by atoms with van der Waals surface area (Å²) in [5, 5.41) is 0. The van der Waals surface area contributed by atoms with Gasteiger partial charge in [-0.1, -0.05) is 13.8 Å². The summed E-state index contributed by atoms with van der Waals surface area (Å²) in [6.45, 7) is 6.44. The number of rotatable bonds is 5. The molecule has 1 aliphatic rings. The summed E-state index contributed by atoms with van der Waals surface area (Å²) in [5.41, 5.74) is -1.06. The van der Waals surface area contributed by atoms with Gasteiger partial charge in [0.1, 0.15) is 18.4 Å². The predicted octanol–water partition coefficient (Wildman–Crippen LogP) is 1.05. The lowest BCUT2D eigenvalue weighted by Gasteiger charge is -2.17. The van der Waals surface area contributed by atoms with E-state index in [1.54, 1.807) is 0 Å². The Morgan fingerprint density at radius 3 is 2.41 bits per heavy atom.